The third-order valence-corrected chi connectivity index (χ3v) is 5.77. The number of urea groups is 1. The average Bonchev–Trinajstić information content (AvgIpc) is 2.48. The van der Waals surface area contributed by atoms with Gasteiger partial charge in [-0.3, -0.25) is 0 Å². The van der Waals surface area contributed by atoms with Gasteiger partial charge in [-0.25, -0.2) is 17.5 Å². The van der Waals surface area contributed by atoms with Crippen molar-refractivity contribution in [3.63, 3.8) is 0 Å². The quantitative estimate of drug-likeness (QED) is 0.759. The molecule has 0 bridgehead atoms. The molecule has 2 amide bonds. The van der Waals surface area contributed by atoms with Gasteiger partial charge in [0.1, 0.15) is 0 Å². The van der Waals surface area contributed by atoms with Crippen molar-refractivity contribution in [3.8, 4) is 0 Å². The first-order valence-electron chi connectivity index (χ1n) is 7.89. The monoisotopic (exact) mass is 341 g/mol. The molecule has 0 aliphatic carbocycles. The number of amides is 2. The standard InChI is InChI=1S/C16H27N3O3S/c1-5-19(6-2)23(21,22)12-11-17-16(20)18-14(4)15-10-8-7-9-13(15)3/h7-10,14H,5-6,11-12H2,1-4H3,(H2,17,18,20). The molecule has 23 heavy (non-hydrogen) atoms. The lowest BCUT2D eigenvalue weighted by molar-refractivity contribution is 0.238. The molecule has 0 aliphatic heterocycles. The summed E-state index contributed by atoms with van der Waals surface area (Å²) in [5.41, 5.74) is 2.14. The highest BCUT2D eigenvalue weighted by Crippen LogP contribution is 2.16. The van der Waals surface area contributed by atoms with E-state index in [1.54, 1.807) is 13.8 Å². The number of aryl methyl sites for hydroxylation is 1. The van der Waals surface area contributed by atoms with E-state index in [1.165, 1.54) is 4.31 Å². The lowest BCUT2D eigenvalue weighted by Gasteiger charge is -2.19. The third-order valence-electron chi connectivity index (χ3n) is 3.75. The fourth-order valence-electron chi connectivity index (χ4n) is 2.44. The van der Waals surface area contributed by atoms with Crippen LogP contribution in [0.15, 0.2) is 24.3 Å². The van der Waals surface area contributed by atoms with Crippen molar-refractivity contribution >= 4 is 16.1 Å². The van der Waals surface area contributed by atoms with E-state index in [1.807, 2.05) is 38.1 Å². The van der Waals surface area contributed by atoms with Crippen LogP contribution in [0.1, 0.15) is 37.9 Å². The van der Waals surface area contributed by atoms with Crippen LogP contribution in [0.3, 0.4) is 0 Å². The van der Waals surface area contributed by atoms with Gasteiger partial charge in [0, 0.05) is 19.6 Å². The maximum atomic E-state index is 12.0. The van der Waals surface area contributed by atoms with Crippen LogP contribution >= 0.6 is 0 Å². The minimum Gasteiger partial charge on any atom is -0.337 e. The van der Waals surface area contributed by atoms with Crippen LogP contribution in [0.5, 0.6) is 0 Å². The molecule has 0 saturated heterocycles. The Morgan fingerprint density at radius 1 is 1.22 bits per heavy atom. The van der Waals surface area contributed by atoms with Crippen molar-refractivity contribution in [2.75, 3.05) is 25.4 Å². The van der Waals surface area contributed by atoms with Crippen molar-refractivity contribution < 1.29 is 13.2 Å². The minimum absolute atomic E-state index is 0.0885. The van der Waals surface area contributed by atoms with Crippen LogP contribution in [0.2, 0.25) is 0 Å². The highest BCUT2D eigenvalue weighted by molar-refractivity contribution is 7.89. The molecular formula is C16H27N3O3S. The van der Waals surface area contributed by atoms with Gasteiger partial charge in [0.25, 0.3) is 0 Å². The molecule has 1 atom stereocenters. The van der Waals surface area contributed by atoms with Crippen LogP contribution in [0.25, 0.3) is 0 Å². The summed E-state index contributed by atoms with van der Waals surface area (Å²) in [6.45, 7) is 8.45. The molecule has 2 N–H and O–H groups in total. The Labute approximate surface area is 139 Å². The highest BCUT2D eigenvalue weighted by atomic mass is 32.2. The second-order valence-electron chi connectivity index (χ2n) is 5.38. The summed E-state index contributed by atoms with van der Waals surface area (Å²) in [5.74, 6) is -0.0964. The summed E-state index contributed by atoms with van der Waals surface area (Å²) >= 11 is 0. The second-order valence-corrected chi connectivity index (χ2v) is 7.47. The van der Waals surface area contributed by atoms with Gasteiger partial charge in [0.05, 0.1) is 11.8 Å². The zero-order chi connectivity index (χ0) is 17.5. The molecule has 0 saturated carbocycles. The molecule has 0 aromatic heterocycles. The highest BCUT2D eigenvalue weighted by Gasteiger charge is 2.18. The maximum absolute atomic E-state index is 12.0. The Morgan fingerprint density at radius 3 is 2.39 bits per heavy atom. The smallest absolute Gasteiger partial charge is 0.315 e. The molecular weight excluding hydrogens is 314 g/mol. The SMILES string of the molecule is CCN(CC)S(=O)(=O)CCNC(=O)NC(C)c1ccccc1C. The zero-order valence-corrected chi connectivity index (χ0v) is 15.1. The third kappa shape index (κ3) is 5.84. The van der Waals surface area contributed by atoms with E-state index >= 15 is 0 Å². The second kappa shape index (κ2) is 8.88. The molecule has 130 valence electrons. The number of hydrogen-bond donors (Lipinski definition) is 2. The number of benzene rings is 1. The Kier molecular flexibility index (Phi) is 7.51. The first kappa shape index (κ1) is 19.4. The number of carbonyl (C=O) groups excluding carboxylic acids is 1. The summed E-state index contributed by atoms with van der Waals surface area (Å²) in [6, 6.07) is 7.32. The van der Waals surface area contributed by atoms with E-state index < -0.39 is 10.0 Å². The first-order chi connectivity index (χ1) is 10.8. The lowest BCUT2D eigenvalue weighted by atomic mass is 10.0. The molecule has 1 unspecified atom stereocenters. The van der Waals surface area contributed by atoms with Gasteiger partial charge >= 0.3 is 6.03 Å². The Bertz CT molecular complexity index is 613. The Balaban J connectivity index is 2.48. The van der Waals surface area contributed by atoms with Gasteiger partial charge in [0.15, 0.2) is 0 Å². The number of rotatable bonds is 8. The van der Waals surface area contributed by atoms with Crippen LogP contribution < -0.4 is 10.6 Å². The molecule has 0 spiro atoms. The van der Waals surface area contributed by atoms with Crippen LogP contribution in [-0.2, 0) is 10.0 Å². The van der Waals surface area contributed by atoms with Gasteiger partial charge in [-0.2, -0.15) is 0 Å². The molecule has 6 nitrogen and oxygen atoms in total. The number of sulfonamides is 1. The van der Waals surface area contributed by atoms with E-state index in [4.69, 9.17) is 0 Å². The van der Waals surface area contributed by atoms with Crippen LogP contribution in [-0.4, -0.2) is 44.1 Å². The zero-order valence-electron chi connectivity index (χ0n) is 14.3. The molecule has 0 radical (unpaired) electrons. The van der Waals surface area contributed by atoms with Gasteiger partial charge in [-0.1, -0.05) is 38.1 Å². The fourth-order valence-corrected chi connectivity index (χ4v) is 3.84. The topological polar surface area (TPSA) is 78.5 Å². The van der Waals surface area contributed by atoms with E-state index in [2.05, 4.69) is 10.6 Å². The van der Waals surface area contributed by atoms with Crippen molar-refractivity contribution in [3.05, 3.63) is 35.4 Å². The molecule has 0 aliphatic rings. The van der Waals surface area contributed by atoms with Gasteiger partial charge < -0.3 is 10.6 Å². The minimum atomic E-state index is -3.31. The molecule has 7 heteroatoms. The summed E-state index contributed by atoms with van der Waals surface area (Å²) < 4.78 is 25.4. The summed E-state index contributed by atoms with van der Waals surface area (Å²) in [7, 11) is -3.31. The Hall–Kier alpha value is -1.60. The summed E-state index contributed by atoms with van der Waals surface area (Å²) in [4.78, 5) is 11.9. The van der Waals surface area contributed by atoms with E-state index in [-0.39, 0.29) is 24.4 Å². The largest absolute Gasteiger partial charge is 0.337 e. The van der Waals surface area contributed by atoms with Crippen molar-refractivity contribution in [2.24, 2.45) is 0 Å². The number of carbonyl (C=O) groups is 1. The molecule has 1 rings (SSSR count). The fraction of sp³-hybridized carbons (Fsp3) is 0.562. The van der Waals surface area contributed by atoms with Crippen LogP contribution in [0.4, 0.5) is 4.79 Å². The number of hydrogen-bond acceptors (Lipinski definition) is 3. The van der Waals surface area contributed by atoms with Gasteiger partial charge in [0.2, 0.25) is 10.0 Å². The summed E-state index contributed by atoms with van der Waals surface area (Å²) in [5, 5.41) is 5.43. The predicted octanol–water partition coefficient (Wildman–Crippen LogP) is 2.03. The van der Waals surface area contributed by atoms with E-state index in [0.29, 0.717) is 13.1 Å². The number of nitrogens with zero attached hydrogens (tertiary/aromatic N) is 1. The number of nitrogens with one attached hydrogen (secondary N) is 2. The van der Waals surface area contributed by atoms with E-state index in [9.17, 15) is 13.2 Å². The van der Waals surface area contributed by atoms with Crippen LogP contribution in [0, 0.1) is 6.92 Å². The predicted molar refractivity (Wildman–Crippen MR) is 92.8 cm³/mol. The first-order valence-corrected chi connectivity index (χ1v) is 9.50. The summed E-state index contributed by atoms with van der Waals surface area (Å²) in [6.07, 6.45) is 0. The average molecular weight is 341 g/mol. The van der Waals surface area contributed by atoms with Gasteiger partial charge in [-0.15, -0.1) is 0 Å². The molecule has 0 heterocycles. The van der Waals surface area contributed by atoms with E-state index in [0.717, 1.165) is 11.1 Å². The maximum Gasteiger partial charge on any atom is 0.315 e. The normalized spacial score (nSPS) is 12.9. The van der Waals surface area contributed by atoms with Gasteiger partial charge in [-0.05, 0) is 25.0 Å². The molecule has 1 aromatic rings. The van der Waals surface area contributed by atoms with Crippen molar-refractivity contribution in [1.82, 2.24) is 14.9 Å². The molecule has 0 fully saturated rings. The lowest BCUT2D eigenvalue weighted by Crippen LogP contribution is -2.41. The Morgan fingerprint density at radius 2 is 1.83 bits per heavy atom. The van der Waals surface area contributed by atoms with Crippen molar-refractivity contribution in [2.45, 2.75) is 33.7 Å². The molecule has 1 aromatic carbocycles. The van der Waals surface area contributed by atoms with Crippen molar-refractivity contribution in [1.29, 1.82) is 0 Å².